The van der Waals surface area contributed by atoms with Crippen LogP contribution in [-0.2, 0) is 6.42 Å². The summed E-state index contributed by atoms with van der Waals surface area (Å²) < 4.78 is 1.99. The number of aromatic nitrogens is 2. The van der Waals surface area contributed by atoms with Gasteiger partial charge in [0.2, 0.25) is 0 Å². The lowest BCUT2D eigenvalue weighted by atomic mass is 9.74. The molecule has 0 bridgehead atoms. The Kier molecular flexibility index (Phi) is 2.91. The molecule has 1 heterocycles. The van der Waals surface area contributed by atoms with Crippen LogP contribution >= 0.6 is 11.6 Å². The smallest absolute Gasteiger partial charge is 0.0649 e. The Morgan fingerprint density at radius 1 is 1.32 bits per heavy atom. The lowest BCUT2D eigenvalue weighted by Gasteiger charge is -2.33. The van der Waals surface area contributed by atoms with Gasteiger partial charge in [-0.25, -0.2) is 4.68 Å². The number of hydrogen-bond acceptors (Lipinski definition) is 2. The molecule has 100 valence electrons. The largest absolute Gasteiger partial charge is 0.324 e. The fourth-order valence-electron chi connectivity index (χ4n) is 2.91. The summed E-state index contributed by atoms with van der Waals surface area (Å²) in [6.45, 7) is 4.52. The molecule has 1 atom stereocenters. The van der Waals surface area contributed by atoms with E-state index < -0.39 is 0 Å². The third-order valence-electron chi connectivity index (χ3n) is 3.79. The van der Waals surface area contributed by atoms with Gasteiger partial charge in [-0.1, -0.05) is 25.4 Å². The molecule has 0 spiro atoms. The van der Waals surface area contributed by atoms with Gasteiger partial charge in [0, 0.05) is 22.3 Å². The van der Waals surface area contributed by atoms with Gasteiger partial charge in [0.1, 0.15) is 0 Å². The molecule has 0 aliphatic heterocycles. The van der Waals surface area contributed by atoms with Crippen molar-refractivity contribution in [3.05, 3.63) is 46.7 Å². The normalized spacial score (nSPS) is 21.2. The van der Waals surface area contributed by atoms with Crippen molar-refractivity contribution in [2.24, 2.45) is 11.1 Å². The standard InChI is InChI=1S/C15H18ClN3/c1-15(2)7-13(17)12-9-18-19(14(12)8-15)11-5-3-10(16)4-6-11/h3-6,9,13H,7-8,17H2,1-2H3. The quantitative estimate of drug-likeness (QED) is 0.866. The van der Waals surface area contributed by atoms with E-state index >= 15 is 0 Å². The summed E-state index contributed by atoms with van der Waals surface area (Å²) in [5.41, 5.74) is 9.92. The van der Waals surface area contributed by atoms with E-state index in [1.165, 1.54) is 11.3 Å². The maximum atomic E-state index is 6.26. The summed E-state index contributed by atoms with van der Waals surface area (Å²) in [6, 6.07) is 7.84. The summed E-state index contributed by atoms with van der Waals surface area (Å²) >= 11 is 5.94. The molecule has 0 amide bonds. The fourth-order valence-corrected chi connectivity index (χ4v) is 3.03. The Morgan fingerprint density at radius 3 is 2.68 bits per heavy atom. The molecule has 1 aliphatic rings. The first-order valence-corrected chi connectivity index (χ1v) is 6.92. The van der Waals surface area contributed by atoms with Crippen molar-refractivity contribution in [3.63, 3.8) is 0 Å². The van der Waals surface area contributed by atoms with Crippen LogP contribution < -0.4 is 5.73 Å². The highest BCUT2D eigenvalue weighted by Gasteiger charge is 2.33. The Hall–Kier alpha value is -1.32. The minimum atomic E-state index is 0.0831. The first kappa shape index (κ1) is 12.7. The van der Waals surface area contributed by atoms with E-state index in [-0.39, 0.29) is 11.5 Å². The van der Waals surface area contributed by atoms with Crippen molar-refractivity contribution in [2.75, 3.05) is 0 Å². The zero-order valence-corrected chi connectivity index (χ0v) is 12.0. The average Bonchev–Trinajstić information content (AvgIpc) is 2.72. The molecule has 3 rings (SSSR count). The predicted molar refractivity (Wildman–Crippen MR) is 77.6 cm³/mol. The third kappa shape index (κ3) is 2.28. The Morgan fingerprint density at radius 2 is 2.00 bits per heavy atom. The average molecular weight is 276 g/mol. The molecule has 19 heavy (non-hydrogen) atoms. The number of nitrogens with two attached hydrogens (primary N) is 1. The van der Waals surface area contributed by atoms with Gasteiger partial charge in [-0.3, -0.25) is 0 Å². The minimum Gasteiger partial charge on any atom is -0.324 e. The zero-order valence-electron chi connectivity index (χ0n) is 11.2. The van der Waals surface area contributed by atoms with Crippen LogP contribution in [0.2, 0.25) is 5.02 Å². The van der Waals surface area contributed by atoms with Crippen molar-refractivity contribution >= 4 is 11.6 Å². The molecule has 0 fully saturated rings. The molecule has 0 saturated heterocycles. The molecule has 2 aromatic rings. The van der Waals surface area contributed by atoms with E-state index in [2.05, 4.69) is 18.9 Å². The number of benzene rings is 1. The SMILES string of the molecule is CC1(C)Cc2c(cnn2-c2ccc(Cl)cc2)C(N)C1. The van der Waals surface area contributed by atoms with Crippen molar-refractivity contribution in [1.29, 1.82) is 0 Å². The van der Waals surface area contributed by atoms with Gasteiger partial charge in [0.05, 0.1) is 11.9 Å². The number of nitrogens with zero attached hydrogens (tertiary/aromatic N) is 2. The molecule has 0 saturated carbocycles. The van der Waals surface area contributed by atoms with E-state index in [0.29, 0.717) is 0 Å². The van der Waals surface area contributed by atoms with Crippen LogP contribution in [-0.4, -0.2) is 9.78 Å². The van der Waals surface area contributed by atoms with Crippen LogP contribution in [0.3, 0.4) is 0 Å². The number of fused-ring (bicyclic) bond motifs is 1. The third-order valence-corrected chi connectivity index (χ3v) is 4.04. The van der Waals surface area contributed by atoms with Crippen LogP contribution in [0.4, 0.5) is 0 Å². The van der Waals surface area contributed by atoms with Gasteiger partial charge >= 0.3 is 0 Å². The van der Waals surface area contributed by atoms with E-state index in [1.54, 1.807) is 0 Å². The Bertz CT molecular complexity index is 598. The highest BCUT2D eigenvalue weighted by atomic mass is 35.5. The summed E-state index contributed by atoms with van der Waals surface area (Å²) in [5.74, 6) is 0. The molecule has 3 nitrogen and oxygen atoms in total. The monoisotopic (exact) mass is 275 g/mol. The van der Waals surface area contributed by atoms with E-state index in [1.807, 2.05) is 35.1 Å². The van der Waals surface area contributed by atoms with Crippen LogP contribution in [0.25, 0.3) is 5.69 Å². The van der Waals surface area contributed by atoms with Crippen molar-refractivity contribution in [1.82, 2.24) is 9.78 Å². The first-order chi connectivity index (χ1) is 8.96. The van der Waals surface area contributed by atoms with Gasteiger partial charge in [-0.05, 0) is 42.5 Å². The maximum Gasteiger partial charge on any atom is 0.0649 e. The van der Waals surface area contributed by atoms with Crippen molar-refractivity contribution in [2.45, 2.75) is 32.7 Å². The van der Waals surface area contributed by atoms with Crippen LogP contribution in [0.1, 0.15) is 37.6 Å². The van der Waals surface area contributed by atoms with Gasteiger partial charge in [-0.15, -0.1) is 0 Å². The van der Waals surface area contributed by atoms with Crippen LogP contribution in [0.15, 0.2) is 30.5 Å². The predicted octanol–water partition coefficient (Wildman–Crippen LogP) is 3.50. The molecule has 1 aliphatic carbocycles. The maximum absolute atomic E-state index is 6.26. The summed E-state index contributed by atoms with van der Waals surface area (Å²) in [4.78, 5) is 0. The van der Waals surface area contributed by atoms with Crippen LogP contribution in [0.5, 0.6) is 0 Å². The first-order valence-electron chi connectivity index (χ1n) is 6.55. The van der Waals surface area contributed by atoms with Gasteiger partial charge in [-0.2, -0.15) is 5.10 Å². The fraction of sp³-hybridized carbons (Fsp3) is 0.400. The lowest BCUT2D eigenvalue weighted by molar-refractivity contribution is 0.278. The molecular formula is C15H18ClN3. The summed E-state index contributed by atoms with van der Waals surface area (Å²) in [7, 11) is 0. The zero-order chi connectivity index (χ0) is 13.6. The number of rotatable bonds is 1. The molecule has 1 unspecified atom stereocenters. The summed E-state index contributed by atoms with van der Waals surface area (Å²) in [5, 5.41) is 5.25. The van der Waals surface area contributed by atoms with Gasteiger partial charge in [0.15, 0.2) is 0 Å². The summed E-state index contributed by atoms with van der Waals surface area (Å²) in [6.07, 6.45) is 3.91. The molecule has 0 radical (unpaired) electrons. The number of halogens is 1. The van der Waals surface area contributed by atoms with E-state index in [9.17, 15) is 0 Å². The molecule has 1 aromatic heterocycles. The Balaban J connectivity index is 2.08. The van der Waals surface area contributed by atoms with Gasteiger partial charge < -0.3 is 5.73 Å². The van der Waals surface area contributed by atoms with E-state index in [0.717, 1.165) is 23.6 Å². The molecule has 1 aromatic carbocycles. The molecular weight excluding hydrogens is 258 g/mol. The topological polar surface area (TPSA) is 43.8 Å². The second-order valence-electron chi connectivity index (χ2n) is 6.09. The molecule has 2 N–H and O–H groups in total. The molecule has 4 heteroatoms. The Labute approximate surface area is 118 Å². The van der Waals surface area contributed by atoms with Gasteiger partial charge in [0.25, 0.3) is 0 Å². The number of hydrogen-bond donors (Lipinski definition) is 1. The second kappa shape index (κ2) is 4.36. The van der Waals surface area contributed by atoms with Crippen LogP contribution in [0, 0.1) is 5.41 Å². The van der Waals surface area contributed by atoms with Crippen molar-refractivity contribution in [3.8, 4) is 5.69 Å². The lowest BCUT2D eigenvalue weighted by Crippen LogP contribution is -2.30. The van der Waals surface area contributed by atoms with E-state index in [4.69, 9.17) is 17.3 Å². The van der Waals surface area contributed by atoms with Crippen molar-refractivity contribution < 1.29 is 0 Å². The highest BCUT2D eigenvalue weighted by molar-refractivity contribution is 6.30. The minimum absolute atomic E-state index is 0.0831. The second-order valence-corrected chi connectivity index (χ2v) is 6.52. The highest BCUT2D eigenvalue weighted by Crippen LogP contribution is 2.40.